The SMILES string of the molecule is N#CC1(NC(=O)CN2CCC[C@H]2C(=O)Nc2ccc(Cl)cc2Cl)CCCC1. The molecule has 3 rings (SSSR count). The van der Waals surface area contributed by atoms with Gasteiger partial charge in [-0.2, -0.15) is 5.26 Å². The van der Waals surface area contributed by atoms with Crippen LogP contribution in [0.3, 0.4) is 0 Å². The Balaban J connectivity index is 1.60. The maximum absolute atomic E-state index is 12.7. The molecule has 144 valence electrons. The lowest BCUT2D eigenvalue weighted by Crippen LogP contribution is -2.51. The van der Waals surface area contributed by atoms with E-state index in [4.69, 9.17) is 23.2 Å². The molecular weight excluding hydrogens is 387 g/mol. The third-order valence-electron chi connectivity index (χ3n) is 5.25. The molecule has 2 fully saturated rings. The van der Waals surface area contributed by atoms with Crippen LogP contribution in [0.5, 0.6) is 0 Å². The molecule has 6 nitrogen and oxygen atoms in total. The minimum atomic E-state index is -0.745. The molecular formula is C19H22Cl2N4O2. The molecule has 1 aromatic carbocycles. The molecule has 1 heterocycles. The molecule has 1 atom stereocenters. The number of hydrogen-bond acceptors (Lipinski definition) is 4. The molecule has 0 radical (unpaired) electrons. The van der Waals surface area contributed by atoms with Crippen LogP contribution < -0.4 is 10.6 Å². The molecule has 0 aromatic heterocycles. The number of anilines is 1. The zero-order valence-corrected chi connectivity index (χ0v) is 16.4. The van der Waals surface area contributed by atoms with Crippen LogP contribution in [0.15, 0.2) is 18.2 Å². The third kappa shape index (κ3) is 4.73. The molecule has 0 bridgehead atoms. The van der Waals surface area contributed by atoms with Gasteiger partial charge in [0.2, 0.25) is 11.8 Å². The molecule has 1 aromatic rings. The Morgan fingerprint density at radius 1 is 1.26 bits per heavy atom. The lowest BCUT2D eigenvalue weighted by molar-refractivity contribution is -0.125. The Morgan fingerprint density at radius 3 is 2.67 bits per heavy atom. The van der Waals surface area contributed by atoms with Crippen molar-refractivity contribution in [1.29, 1.82) is 5.26 Å². The summed E-state index contributed by atoms with van der Waals surface area (Å²) < 4.78 is 0. The summed E-state index contributed by atoms with van der Waals surface area (Å²) in [5.41, 5.74) is -0.248. The standard InChI is InChI=1S/C19H22Cl2N4O2/c20-13-5-6-15(14(21)10-13)23-18(27)16-4-3-9-25(16)11-17(26)24-19(12-22)7-1-2-8-19/h5-6,10,16H,1-4,7-9,11H2,(H,23,27)(H,24,26)/t16-/m0/s1. The third-order valence-corrected chi connectivity index (χ3v) is 5.80. The van der Waals surface area contributed by atoms with Crippen molar-refractivity contribution < 1.29 is 9.59 Å². The number of amides is 2. The molecule has 0 spiro atoms. The fourth-order valence-electron chi connectivity index (χ4n) is 3.85. The van der Waals surface area contributed by atoms with Gasteiger partial charge in [-0.3, -0.25) is 14.5 Å². The fourth-order valence-corrected chi connectivity index (χ4v) is 4.31. The first-order valence-electron chi connectivity index (χ1n) is 9.15. The van der Waals surface area contributed by atoms with Gasteiger partial charge in [0.15, 0.2) is 0 Å². The fraction of sp³-hybridized carbons (Fsp3) is 0.526. The minimum Gasteiger partial charge on any atom is -0.337 e. The zero-order valence-electron chi connectivity index (χ0n) is 14.9. The molecule has 0 unspecified atom stereocenters. The maximum Gasteiger partial charge on any atom is 0.241 e. The second-order valence-corrected chi connectivity index (χ2v) is 8.03. The van der Waals surface area contributed by atoms with E-state index in [1.54, 1.807) is 18.2 Å². The first-order valence-corrected chi connectivity index (χ1v) is 9.90. The van der Waals surface area contributed by atoms with E-state index in [-0.39, 0.29) is 18.4 Å². The van der Waals surface area contributed by atoms with Crippen LogP contribution in [-0.4, -0.2) is 41.4 Å². The van der Waals surface area contributed by atoms with Crippen LogP contribution in [0.1, 0.15) is 38.5 Å². The molecule has 1 saturated carbocycles. The van der Waals surface area contributed by atoms with Crippen LogP contribution in [0.25, 0.3) is 0 Å². The largest absolute Gasteiger partial charge is 0.337 e. The smallest absolute Gasteiger partial charge is 0.241 e. The van der Waals surface area contributed by atoms with Crippen LogP contribution in [-0.2, 0) is 9.59 Å². The second kappa shape index (κ2) is 8.47. The van der Waals surface area contributed by atoms with E-state index >= 15 is 0 Å². The minimum absolute atomic E-state index is 0.107. The van der Waals surface area contributed by atoms with Gasteiger partial charge in [-0.25, -0.2) is 0 Å². The summed E-state index contributed by atoms with van der Waals surface area (Å²) in [4.78, 5) is 27.0. The number of carbonyl (C=O) groups is 2. The number of rotatable bonds is 5. The van der Waals surface area contributed by atoms with Crippen LogP contribution in [0.2, 0.25) is 10.0 Å². The zero-order chi connectivity index (χ0) is 19.4. The molecule has 8 heteroatoms. The van der Waals surface area contributed by atoms with Gasteiger partial charge in [-0.1, -0.05) is 23.2 Å². The van der Waals surface area contributed by atoms with Crippen molar-refractivity contribution in [2.24, 2.45) is 0 Å². The Kier molecular flexibility index (Phi) is 6.25. The van der Waals surface area contributed by atoms with Crippen molar-refractivity contribution in [2.75, 3.05) is 18.4 Å². The van der Waals surface area contributed by atoms with E-state index in [0.29, 0.717) is 41.5 Å². The van der Waals surface area contributed by atoms with E-state index in [2.05, 4.69) is 16.7 Å². The Bertz CT molecular complexity index is 771. The molecule has 1 aliphatic heterocycles. The van der Waals surface area contributed by atoms with E-state index in [0.717, 1.165) is 19.3 Å². The summed E-state index contributed by atoms with van der Waals surface area (Å²) in [6.45, 7) is 0.773. The topological polar surface area (TPSA) is 85.2 Å². The van der Waals surface area contributed by atoms with Gasteiger partial charge in [0.1, 0.15) is 5.54 Å². The van der Waals surface area contributed by atoms with Gasteiger partial charge in [0.25, 0.3) is 0 Å². The lowest BCUT2D eigenvalue weighted by Gasteiger charge is -2.26. The number of carbonyl (C=O) groups excluding carboxylic acids is 2. The van der Waals surface area contributed by atoms with E-state index < -0.39 is 11.6 Å². The highest BCUT2D eigenvalue weighted by Crippen LogP contribution is 2.29. The molecule has 1 saturated heterocycles. The summed E-state index contributed by atoms with van der Waals surface area (Å²) in [6.07, 6.45) is 4.79. The number of nitrogens with zero attached hydrogens (tertiary/aromatic N) is 2. The summed E-state index contributed by atoms with van der Waals surface area (Å²) in [5.74, 6) is -0.400. The maximum atomic E-state index is 12.7. The monoisotopic (exact) mass is 408 g/mol. The van der Waals surface area contributed by atoms with Gasteiger partial charge in [-0.05, 0) is 63.3 Å². The highest BCUT2D eigenvalue weighted by Gasteiger charge is 2.37. The molecule has 2 amide bonds. The van der Waals surface area contributed by atoms with Crippen LogP contribution in [0.4, 0.5) is 5.69 Å². The number of likely N-dealkylation sites (tertiary alicyclic amines) is 1. The first-order chi connectivity index (χ1) is 12.9. The molecule has 1 aliphatic carbocycles. The number of benzene rings is 1. The van der Waals surface area contributed by atoms with Crippen LogP contribution >= 0.6 is 23.2 Å². The van der Waals surface area contributed by atoms with E-state index in [1.807, 2.05) is 4.90 Å². The highest BCUT2D eigenvalue weighted by atomic mass is 35.5. The average Bonchev–Trinajstić information content (AvgIpc) is 3.27. The summed E-state index contributed by atoms with van der Waals surface area (Å²) in [5, 5.41) is 16.0. The van der Waals surface area contributed by atoms with Crippen molar-refractivity contribution in [2.45, 2.75) is 50.1 Å². The van der Waals surface area contributed by atoms with Crippen molar-refractivity contribution in [1.82, 2.24) is 10.2 Å². The van der Waals surface area contributed by atoms with E-state index in [1.165, 1.54) is 0 Å². The summed E-state index contributed by atoms with van der Waals surface area (Å²) in [7, 11) is 0. The van der Waals surface area contributed by atoms with Gasteiger partial charge < -0.3 is 10.6 Å². The quantitative estimate of drug-likeness (QED) is 0.781. The summed E-state index contributed by atoms with van der Waals surface area (Å²) in [6, 6.07) is 6.74. The number of nitrogens with one attached hydrogen (secondary N) is 2. The summed E-state index contributed by atoms with van der Waals surface area (Å²) >= 11 is 12.0. The Hall–Kier alpha value is -1.81. The van der Waals surface area contributed by atoms with Crippen molar-refractivity contribution in [3.8, 4) is 6.07 Å². The second-order valence-electron chi connectivity index (χ2n) is 7.19. The predicted octanol–water partition coefficient (Wildman–Crippen LogP) is 3.35. The van der Waals surface area contributed by atoms with Gasteiger partial charge in [0, 0.05) is 5.02 Å². The lowest BCUT2D eigenvalue weighted by atomic mass is 10.00. The molecule has 2 N–H and O–H groups in total. The van der Waals surface area contributed by atoms with E-state index in [9.17, 15) is 14.9 Å². The van der Waals surface area contributed by atoms with Crippen molar-refractivity contribution >= 4 is 40.7 Å². The number of nitriles is 1. The van der Waals surface area contributed by atoms with Gasteiger partial charge in [0.05, 0.1) is 29.4 Å². The molecule has 2 aliphatic rings. The highest BCUT2D eigenvalue weighted by molar-refractivity contribution is 6.36. The van der Waals surface area contributed by atoms with Gasteiger partial charge in [-0.15, -0.1) is 0 Å². The van der Waals surface area contributed by atoms with Gasteiger partial charge >= 0.3 is 0 Å². The molecule has 27 heavy (non-hydrogen) atoms. The van der Waals surface area contributed by atoms with Crippen LogP contribution in [0, 0.1) is 11.3 Å². The number of halogens is 2. The normalized spacial score (nSPS) is 21.6. The average molecular weight is 409 g/mol. The Labute approximate surface area is 168 Å². The predicted molar refractivity (Wildman–Crippen MR) is 105 cm³/mol. The Morgan fingerprint density at radius 2 is 2.00 bits per heavy atom. The first kappa shape index (κ1) is 19.9. The number of hydrogen-bond donors (Lipinski definition) is 2. The van der Waals surface area contributed by atoms with Crippen molar-refractivity contribution in [3.63, 3.8) is 0 Å². The van der Waals surface area contributed by atoms with Crippen molar-refractivity contribution in [3.05, 3.63) is 28.2 Å².